The minimum Gasteiger partial charge on any atom is -0.394 e. The normalized spacial score (nSPS) is 26.3. The molecule has 5 heteroatoms. The summed E-state index contributed by atoms with van der Waals surface area (Å²) < 4.78 is 26.7. The van der Waals surface area contributed by atoms with Gasteiger partial charge in [-0.25, -0.2) is 8.78 Å². The second kappa shape index (κ2) is 5.77. The smallest absolute Gasteiger partial charge is 0.251 e. The van der Waals surface area contributed by atoms with Crippen molar-refractivity contribution in [1.82, 2.24) is 5.32 Å². The Morgan fingerprint density at radius 2 is 1.80 bits per heavy atom. The van der Waals surface area contributed by atoms with Gasteiger partial charge in [0.1, 0.15) is 17.3 Å². The van der Waals surface area contributed by atoms with Gasteiger partial charge in [-0.15, -0.1) is 0 Å². The summed E-state index contributed by atoms with van der Waals surface area (Å²) in [5, 5.41) is 2.85. The van der Waals surface area contributed by atoms with E-state index in [0.29, 0.717) is 11.8 Å². The number of amides is 1. The number of nitrogens with two attached hydrogens (primary N) is 1. The zero-order valence-corrected chi connectivity index (χ0v) is 11.7. The van der Waals surface area contributed by atoms with Crippen LogP contribution in [0.2, 0.25) is 0 Å². The van der Waals surface area contributed by atoms with Crippen molar-refractivity contribution < 1.29 is 13.6 Å². The molecule has 20 heavy (non-hydrogen) atoms. The van der Waals surface area contributed by atoms with E-state index in [1.807, 2.05) is 0 Å². The molecule has 1 aromatic carbocycles. The van der Waals surface area contributed by atoms with Crippen molar-refractivity contribution in [3.05, 3.63) is 29.3 Å². The second-order valence-corrected chi connectivity index (χ2v) is 5.79. The fraction of sp³-hybridized carbons (Fsp3) is 0.533. The molecule has 110 valence electrons. The number of nitrogens with one attached hydrogen (secondary N) is 1. The van der Waals surface area contributed by atoms with E-state index in [9.17, 15) is 13.6 Å². The van der Waals surface area contributed by atoms with Crippen molar-refractivity contribution in [3.63, 3.8) is 0 Å². The maximum atomic E-state index is 13.3. The molecule has 1 fully saturated rings. The van der Waals surface area contributed by atoms with Crippen molar-refractivity contribution in [2.24, 2.45) is 11.8 Å². The Morgan fingerprint density at radius 1 is 1.20 bits per heavy atom. The molecule has 0 aliphatic heterocycles. The molecule has 0 aromatic heterocycles. The standard InChI is InChI=1S/C15H20F2N2O/c1-8-3-4-11(5-9(8)2)19-15(20)10-6-12(16)14(18)13(17)7-10/h6-9,11H,3-5,18H2,1-2H3,(H,19,20). The van der Waals surface area contributed by atoms with Crippen molar-refractivity contribution in [1.29, 1.82) is 0 Å². The van der Waals surface area contributed by atoms with E-state index in [1.165, 1.54) is 0 Å². The molecule has 3 nitrogen and oxygen atoms in total. The summed E-state index contributed by atoms with van der Waals surface area (Å²) in [7, 11) is 0. The Labute approximate surface area is 117 Å². The zero-order valence-electron chi connectivity index (χ0n) is 11.7. The molecule has 0 bridgehead atoms. The van der Waals surface area contributed by atoms with Crippen LogP contribution in [0.3, 0.4) is 0 Å². The average molecular weight is 282 g/mol. The molecule has 3 N–H and O–H groups in total. The molecule has 1 aliphatic rings. The monoisotopic (exact) mass is 282 g/mol. The fourth-order valence-electron chi connectivity index (χ4n) is 2.66. The maximum Gasteiger partial charge on any atom is 0.251 e. The lowest BCUT2D eigenvalue weighted by Gasteiger charge is -2.32. The van der Waals surface area contributed by atoms with E-state index in [0.717, 1.165) is 31.4 Å². The number of rotatable bonds is 2. The van der Waals surface area contributed by atoms with Crippen LogP contribution in [0.5, 0.6) is 0 Å². The van der Waals surface area contributed by atoms with Crippen LogP contribution in [-0.4, -0.2) is 11.9 Å². The number of halogens is 2. The third-order valence-electron chi connectivity index (χ3n) is 4.27. The van der Waals surface area contributed by atoms with E-state index in [-0.39, 0.29) is 11.6 Å². The van der Waals surface area contributed by atoms with Crippen LogP contribution in [-0.2, 0) is 0 Å². The third kappa shape index (κ3) is 3.08. The molecule has 1 amide bonds. The molecule has 2 rings (SSSR count). The Morgan fingerprint density at radius 3 is 2.35 bits per heavy atom. The maximum absolute atomic E-state index is 13.3. The number of nitrogen functional groups attached to an aromatic ring is 1. The highest BCUT2D eigenvalue weighted by atomic mass is 19.1. The molecule has 0 heterocycles. The van der Waals surface area contributed by atoms with Crippen LogP contribution in [0.15, 0.2) is 12.1 Å². The Kier molecular flexibility index (Phi) is 4.26. The van der Waals surface area contributed by atoms with Gasteiger partial charge in [0.25, 0.3) is 5.91 Å². The molecule has 1 saturated carbocycles. The summed E-state index contributed by atoms with van der Waals surface area (Å²) in [5.41, 5.74) is 4.61. The van der Waals surface area contributed by atoms with Gasteiger partial charge in [-0.3, -0.25) is 4.79 Å². The lowest BCUT2D eigenvalue weighted by atomic mass is 9.79. The summed E-state index contributed by atoms with van der Waals surface area (Å²) in [6.07, 6.45) is 2.85. The fourth-order valence-corrected chi connectivity index (χ4v) is 2.66. The molecule has 3 unspecified atom stereocenters. The summed E-state index contributed by atoms with van der Waals surface area (Å²) in [4.78, 5) is 12.0. The van der Waals surface area contributed by atoms with Crippen molar-refractivity contribution >= 4 is 11.6 Å². The molecule has 0 radical (unpaired) electrons. The van der Waals surface area contributed by atoms with Crippen molar-refractivity contribution in [3.8, 4) is 0 Å². The first-order chi connectivity index (χ1) is 9.38. The first kappa shape index (κ1) is 14.8. The predicted molar refractivity (Wildman–Crippen MR) is 74.2 cm³/mol. The first-order valence-electron chi connectivity index (χ1n) is 6.94. The molecular formula is C15H20F2N2O. The van der Waals surface area contributed by atoms with E-state index < -0.39 is 23.2 Å². The summed E-state index contributed by atoms with van der Waals surface area (Å²) in [5.74, 6) is -1.07. The highest BCUT2D eigenvalue weighted by Gasteiger charge is 2.26. The van der Waals surface area contributed by atoms with Crippen molar-refractivity contribution in [2.75, 3.05) is 5.73 Å². The largest absolute Gasteiger partial charge is 0.394 e. The summed E-state index contributed by atoms with van der Waals surface area (Å²) in [6, 6.07) is 2.02. The molecule has 1 aromatic rings. The van der Waals surface area contributed by atoms with Crippen LogP contribution in [0.25, 0.3) is 0 Å². The SMILES string of the molecule is CC1CCC(NC(=O)c2cc(F)c(N)c(F)c2)CC1C. The Balaban J connectivity index is 2.05. The van der Waals surface area contributed by atoms with Crippen LogP contribution >= 0.6 is 0 Å². The van der Waals surface area contributed by atoms with E-state index in [2.05, 4.69) is 19.2 Å². The van der Waals surface area contributed by atoms with E-state index in [4.69, 9.17) is 5.73 Å². The number of carbonyl (C=O) groups is 1. The van der Waals surface area contributed by atoms with Gasteiger partial charge in [0, 0.05) is 11.6 Å². The van der Waals surface area contributed by atoms with Gasteiger partial charge in [-0.2, -0.15) is 0 Å². The van der Waals surface area contributed by atoms with Gasteiger partial charge in [0.15, 0.2) is 0 Å². The van der Waals surface area contributed by atoms with Crippen molar-refractivity contribution in [2.45, 2.75) is 39.2 Å². The minimum absolute atomic E-state index is 0.0273. The first-order valence-corrected chi connectivity index (χ1v) is 6.94. The van der Waals surface area contributed by atoms with Gasteiger partial charge in [-0.1, -0.05) is 13.8 Å². The predicted octanol–water partition coefficient (Wildman–Crippen LogP) is 3.10. The van der Waals surface area contributed by atoms with Gasteiger partial charge in [0.05, 0.1) is 0 Å². The highest BCUT2D eigenvalue weighted by molar-refractivity contribution is 5.94. The molecule has 0 saturated heterocycles. The van der Waals surface area contributed by atoms with Gasteiger partial charge < -0.3 is 11.1 Å². The number of carbonyl (C=O) groups excluding carboxylic acids is 1. The summed E-state index contributed by atoms with van der Waals surface area (Å²) >= 11 is 0. The summed E-state index contributed by atoms with van der Waals surface area (Å²) in [6.45, 7) is 4.36. The number of hydrogen-bond acceptors (Lipinski definition) is 2. The van der Waals surface area contributed by atoms with Crippen LogP contribution < -0.4 is 11.1 Å². The lowest BCUT2D eigenvalue weighted by Crippen LogP contribution is -2.39. The molecular weight excluding hydrogens is 262 g/mol. The minimum atomic E-state index is -0.902. The molecule has 3 atom stereocenters. The van der Waals surface area contributed by atoms with Gasteiger partial charge >= 0.3 is 0 Å². The third-order valence-corrected chi connectivity index (χ3v) is 4.27. The Hall–Kier alpha value is -1.65. The second-order valence-electron chi connectivity index (χ2n) is 5.79. The van der Waals surface area contributed by atoms with Gasteiger partial charge in [-0.05, 0) is 43.2 Å². The van der Waals surface area contributed by atoms with Crippen LogP contribution in [0.1, 0.15) is 43.5 Å². The highest BCUT2D eigenvalue weighted by Crippen LogP contribution is 2.29. The van der Waals surface area contributed by atoms with Crippen LogP contribution in [0.4, 0.5) is 14.5 Å². The number of anilines is 1. The zero-order chi connectivity index (χ0) is 14.9. The van der Waals surface area contributed by atoms with Gasteiger partial charge in [0.2, 0.25) is 0 Å². The number of hydrogen-bond donors (Lipinski definition) is 2. The quantitative estimate of drug-likeness (QED) is 0.819. The lowest BCUT2D eigenvalue weighted by molar-refractivity contribution is 0.0909. The topological polar surface area (TPSA) is 55.1 Å². The Bertz CT molecular complexity index is 496. The average Bonchev–Trinajstić information content (AvgIpc) is 2.39. The van der Waals surface area contributed by atoms with Crippen LogP contribution in [0, 0.1) is 23.5 Å². The molecule has 1 aliphatic carbocycles. The van der Waals surface area contributed by atoms with E-state index in [1.54, 1.807) is 0 Å². The number of benzene rings is 1. The van der Waals surface area contributed by atoms with E-state index >= 15 is 0 Å². The molecule has 0 spiro atoms.